The summed E-state index contributed by atoms with van der Waals surface area (Å²) in [6.07, 6.45) is 5.38. The van der Waals surface area contributed by atoms with Crippen LogP contribution in [-0.2, 0) is 9.31 Å². The zero-order chi connectivity index (χ0) is 15.7. The Balaban J connectivity index is 2.31. The van der Waals surface area contributed by atoms with Crippen molar-refractivity contribution < 1.29 is 9.31 Å². The van der Waals surface area contributed by atoms with Crippen LogP contribution < -0.4 is 11.1 Å². The lowest BCUT2D eigenvalue weighted by atomic mass is 9.77. The summed E-state index contributed by atoms with van der Waals surface area (Å²) in [5.74, 6) is 0. The highest BCUT2D eigenvalue weighted by Crippen LogP contribution is 2.38. The molecular formula is C15H24BN3O2. The second kappa shape index (κ2) is 5.79. The third kappa shape index (κ3) is 3.28. The lowest BCUT2D eigenvalue weighted by molar-refractivity contribution is 0.00578. The largest absolute Gasteiger partial charge is 0.491 e. The first-order chi connectivity index (χ1) is 9.77. The molecule has 0 radical (unpaired) electrons. The average Bonchev–Trinajstić information content (AvgIpc) is 2.60. The molecule has 0 bridgehead atoms. The molecule has 0 aliphatic carbocycles. The van der Waals surface area contributed by atoms with E-state index in [4.69, 9.17) is 15.0 Å². The number of anilines is 1. The summed E-state index contributed by atoms with van der Waals surface area (Å²) in [6, 6.07) is 1.89. The molecule has 21 heavy (non-hydrogen) atoms. The minimum Gasteiger partial charge on any atom is -0.400 e. The van der Waals surface area contributed by atoms with Gasteiger partial charge in [-0.2, -0.15) is 0 Å². The van der Waals surface area contributed by atoms with Gasteiger partial charge in [-0.05, 0) is 51.8 Å². The van der Waals surface area contributed by atoms with Gasteiger partial charge in [-0.25, -0.2) is 0 Å². The number of nitrogens with one attached hydrogen (secondary N) is 1. The molecule has 1 aromatic rings. The van der Waals surface area contributed by atoms with E-state index >= 15 is 0 Å². The predicted molar refractivity (Wildman–Crippen MR) is 86.6 cm³/mol. The van der Waals surface area contributed by atoms with Gasteiger partial charge in [-0.15, -0.1) is 0 Å². The van der Waals surface area contributed by atoms with Crippen LogP contribution in [0.4, 0.5) is 5.69 Å². The number of hydrogen-bond acceptors (Lipinski definition) is 5. The molecule has 1 aliphatic rings. The quantitative estimate of drug-likeness (QED) is 0.828. The molecule has 1 saturated heterocycles. The lowest BCUT2D eigenvalue weighted by Gasteiger charge is -2.32. The van der Waals surface area contributed by atoms with Gasteiger partial charge in [0.2, 0.25) is 0 Å². The van der Waals surface area contributed by atoms with E-state index in [9.17, 15) is 0 Å². The van der Waals surface area contributed by atoms with Crippen molar-refractivity contribution in [1.29, 1.82) is 0 Å². The van der Waals surface area contributed by atoms with E-state index in [1.165, 1.54) is 0 Å². The third-order valence-corrected chi connectivity index (χ3v) is 4.16. The standard InChI is InChI=1S/C15H24BN3O2/c1-14(2)15(3,4)21-16(20-14)12(9-18-5)8-11-6-7-19-10-13(11)17/h6-8,10,18H,9,17H2,1-5H3. The molecule has 0 atom stereocenters. The second-order valence-electron chi connectivity index (χ2n) is 6.34. The Kier molecular flexibility index (Phi) is 4.42. The number of nitrogens with zero attached hydrogens (tertiary/aromatic N) is 1. The summed E-state index contributed by atoms with van der Waals surface area (Å²) >= 11 is 0. The SMILES string of the molecule is CNCC(=Cc1ccncc1N)B1OC(C)(C)C(C)(C)O1. The van der Waals surface area contributed by atoms with Gasteiger partial charge in [-0.1, -0.05) is 6.08 Å². The van der Waals surface area contributed by atoms with Gasteiger partial charge < -0.3 is 20.4 Å². The average molecular weight is 289 g/mol. The van der Waals surface area contributed by atoms with Gasteiger partial charge in [-0.3, -0.25) is 4.98 Å². The maximum atomic E-state index is 6.10. The molecule has 0 unspecified atom stereocenters. The van der Waals surface area contributed by atoms with Crippen molar-refractivity contribution in [2.45, 2.75) is 38.9 Å². The topological polar surface area (TPSA) is 69.4 Å². The highest BCUT2D eigenvalue weighted by atomic mass is 16.7. The Labute approximate surface area is 127 Å². The highest BCUT2D eigenvalue weighted by Gasteiger charge is 2.52. The van der Waals surface area contributed by atoms with Crippen molar-refractivity contribution in [3.63, 3.8) is 0 Å². The molecule has 0 aromatic carbocycles. The van der Waals surface area contributed by atoms with Crippen molar-refractivity contribution in [3.8, 4) is 0 Å². The number of pyridine rings is 1. The van der Waals surface area contributed by atoms with E-state index < -0.39 is 0 Å². The molecule has 0 spiro atoms. The normalized spacial score (nSPS) is 20.8. The summed E-state index contributed by atoms with van der Waals surface area (Å²) in [6.45, 7) is 8.85. The zero-order valence-corrected chi connectivity index (χ0v) is 13.4. The summed E-state index contributed by atoms with van der Waals surface area (Å²) < 4.78 is 12.2. The molecule has 2 rings (SSSR count). The van der Waals surface area contributed by atoms with E-state index in [1.54, 1.807) is 12.4 Å². The molecule has 6 heteroatoms. The lowest BCUT2D eigenvalue weighted by Crippen LogP contribution is -2.41. The molecule has 1 aromatic heterocycles. The van der Waals surface area contributed by atoms with Crippen LogP contribution in [0.2, 0.25) is 0 Å². The Bertz CT molecular complexity index is 527. The molecule has 0 saturated carbocycles. The number of hydrogen-bond donors (Lipinski definition) is 2. The number of likely N-dealkylation sites (N-methyl/N-ethyl adjacent to an activating group) is 1. The van der Waals surface area contributed by atoms with Gasteiger partial charge in [0.1, 0.15) is 0 Å². The zero-order valence-electron chi connectivity index (χ0n) is 13.4. The monoisotopic (exact) mass is 289 g/mol. The first-order valence-corrected chi connectivity index (χ1v) is 7.17. The molecular weight excluding hydrogens is 265 g/mol. The number of rotatable bonds is 4. The third-order valence-electron chi connectivity index (χ3n) is 4.16. The van der Waals surface area contributed by atoms with Gasteiger partial charge in [0.25, 0.3) is 0 Å². The molecule has 3 N–H and O–H groups in total. The van der Waals surface area contributed by atoms with E-state index in [2.05, 4.69) is 10.3 Å². The van der Waals surface area contributed by atoms with Crippen molar-refractivity contribution in [1.82, 2.24) is 10.3 Å². The summed E-state index contributed by atoms with van der Waals surface area (Å²) in [4.78, 5) is 4.01. The first kappa shape index (κ1) is 16.0. The van der Waals surface area contributed by atoms with Crippen molar-refractivity contribution in [3.05, 3.63) is 29.5 Å². The summed E-state index contributed by atoms with van der Waals surface area (Å²) in [7, 11) is 1.52. The van der Waals surface area contributed by atoms with Crippen LogP contribution in [-0.4, -0.2) is 36.9 Å². The fourth-order valence-electron chi connectivity index (χ4n) is 2.15. The number of nitrogen functional groups attached to an aromatic ring is 1. The molecule has 5 nitrogen and oxygen atoms in total. The fraction of sp³-hybridized carbons (Fsp3) is 0.533. The molecule has 114 valence electrons. The highest BCUT2D eigenvalue weighted by molar-refractivity contribution is 6.56. The van der Waals surface area contributed by atoms with Crippen LogP contribution in [0, 0.1) is 0 Å². The summed E-state index contributed by atoms with van der Waals surface area (Å²) in [5, 5.41) is 3.15. The van der Waals surface area contributed by atoms with E-state index in [-0.39, 0.29) is 18.3 Å². The van der Waals surface area contributed by atoms with Crippen LogP contribution in [0.3, 0.4) is 0 Å². The van der Waals surface area contributed by atoms with E-state index in [1.807, 2.05) is 46.9 Å². The Morgan fingerprint density at radius 1 is 1.33 bits per heavy atom. The second-order valence-corrected chi connectivity index (χ2v) is 6.34. The van der Waals surface area contributed by atoms with Gasteiger partial charge in [0.05, 0.1) is 23.1 Å². The molecule has 1 fully saturated rings. The fourth-order valence-corrected chi connectivity index (χ4v) is 2.15. The van der Waals surface area contributed by atoms with Crippen molar-refractivity contribution in [2.24, 2.45) is 0 Å². The first-order valence-electron chi connectivity index (χ1n) is 7.17. The molecule has 2 heterocycles. The van der Waals surface area contributed by atoms with E-state index in [0.29, 0.717) is 12.2 Å². The number of nitrogens with two attached hydrogens (primary N) is 1. The maximum absolute atomic E-state index is 6.10. The molecule has 1 aliphatic heterocycles. The van der Waals surface area contributed by atoms with Gasteiger partial charge in [0, 0.05) is 12.7 Å². The maximum Gasteiger partial charge on any atom is 0.491 e. The van der Waals surface area contributed by atoms with Crippen LogP contribution in [0.1, 0.15) is 33.3 Å². The Hall–Kier alpha value is -1.37. The minimum atomic E-state index is -0.380. The minimum absolute atomic E-state index is 0.353. The van der Waals surface area contributed by atoms with Crippen LogP contribution in [0.25, 0.3) is 6.08 Å². The Morgan fingerprint density at radius 3 is 2.48 bits per heavy atom. The van der Waals surface area contributed by atoms with Crippen LogP contribution in [0.15, 0.2) is 23.9 Å². The van der Waals surface area contributed by atoms with Gasteiger partial charge in [0.15, 0.2) is 0 Å². The van der Waals surface area contributed by atoms with Gasteiger partial charge >= 0.3 is 7.12 Å². The smallest absolute Gasteiger partial charge is 0.400 e. The van der Waals surface area contributed by atoms with Crippen LogP contribution in [0.5, 0.6) is 0 Å². The van der Waals surface area contributed by atoms with Crippen molar-refractivity contribution >= 4 is 18.9 Å². The predicted octanol–water partition coefficient (Wildman–Crippen LogP) is 1.90. The Morgan fingerprint density at radius 2 is 1.95 bits per heavy atom. The van der Waals surface area contributed by atoms with E-state index in [0.717, 1.165) is 11.0 Å². The summed E-state index contributed by atoms with van der Waals surface area (Å²) in [5.41, 5.74) is 7.83. The van der Waals surface area contributed by atoms with Crippen LogP contribution >= 0.6 is 0 Å². The molecule has 0 amide bonds. The number of aromatic nitrogens is 1. The van der Waals surface area contributed by atoms with Crippen molar-refractivity contribution in [2.75, 3.05) is 19.3 Å².